The predicted molar refractivity (Wildman–Crippen MR) is 246 cm³/mol. The quantitative estimate of drug-likeness (QED) is 0.129. The summed E-state index contributed by atoms with van der Waals surface area (Å²) < 4.78 is 12.7. The van der Waals surface area contributed by atoms with E-state index in [4.69, 9.17) is 9.47 Å². The molecule has 2 unspecified atom stereocenters. The molecule has 0 aliphatic heterocycles. The average molecular weight is 809 g/mol. The maximum Gasteiger partial charge on any atom is 0.303 e. The Balaban J connectivity index is 1.14. The molecule has 4 bridgehead atoms. The van der Waals surface area contributed by atoms with Gasteiger partial charge < -0.3 is 9.47 Å². The molecule has 4 nitrogen and oxygen atoms in total. The minimum absolute atomic E-state index is 0.0422. The summed E-state index contributed by atoms with van der Waals surface area (Å²) in [7, 11) is 0. The summed E-state index contributed by atoms with van der Waals surface area (Å²) in [5, 5.41) is 4.47. The number of fused-ring (bicyclic) bond motifs is 2. The molecule has 0 radical (unpaired) electrons. The van der Waals surface area contributed by atoms with Gasteiger partial charge in [0.2, 0.25) is 0 Å². The standard InChI is InChI=1S/C58H48O4/c1-37(59)61-53(43-27-15-19-39-17-3-5-21-41(39)43)33-35-57-49-29-11-7-23-45(49)56(46-24-8-12-30-50(46)57)58(51-31-13-9-25-47(51)55(57)48-26-10-14-32-52(48)58)36-34-54(62-38(2)60)44-28-16-20-40-18-4-6-22-42(40)44/h3-32,53-56H,33-36H2,1-2H3. The number of ether oxygens (including phenoxy) is 2. The number of hydrogen-bond donors (Lipinski definition) is 0. The van der Waals surface area contributed by atoms with Gasteiger partial charge in [0.1, 0.15) is 12.2 Å². The number of carbonyl (C=O) groups excluding carboxylic acids is 2. The van der Waals surface area contributed by atoms with Crippen LogP contribution < -0.4 is 0 Å². The minimum atomic E-state index is -0.505. The third-order valence-electron chi connectivity index (χ3n) is 14.6. The van der Waals surface area contributed by atoms with Crippen LogP contribution in [0.4, 0.5) is 0 Å². The molecular formula is C58H48O4. The van der Waals surface area contributed by atoms with Gasteiger partial charge in [-0.3, -0.25) is 9.59 Å². The number of carbonyl (C=O) groups is 2. The second-order valence-corrected chi connectivity index (χ2v) is 17.6. The van der Waals surface area contributed by atoms with Crippen molar-refractivity contribution < 1.29 is 19.1 Å². The number of esters is 2. The van der Waals surface area contributed by atoms with Crippen LogP contribution >= 0.6 is 0 Å². The summed E-state index contributed by atoms with van der Waals surface area (Å²) in [6.07, 6.45) is 1.84. The van der Waals surface area contributed by atoms with Crippen molar-refractivity contribution in [1.82, 2.24) is 0 Å². The Hall–Kier alpha value is -6.78. The zero-order valence-electron chi connectivity index (χ0n) is 35.1. The lowest BCUT2D eigenvalue weighted by Crippen LogP contribution is -2.53. The molecule has 0 N–H and O–H groups in total. The van der Waals surface area contributed by atoms with Crippen molar-refractivity contribution >= 4 is 33.5 Å². The van der Waals surface area contributed by atoms with Crippen molar-refractivity contribution in [3.8, 4) is 0 Å². The van der Waals surface area contributed by atoms with Gasteiger partial charge in [-0.2, -0.15) is 0 Å². The molecular weight excluding hydrogens is 761 g/mol. The summed E-state index contributed by atoms with van der Waals surface area (Å²) in [6, 6.07) is 66.2. The van der Waals surface area contributed by atoms with Gasteiger partial charge in [0.25, 0.3) is 0 Å². The molecule has 0 saturated carbocycles. The molecule has 304 valence electrons. The van der Waals surface area contributed by atoms with Gasteiger partial charge >= 0.3 is 11.9 Å². The Morgan fingerprint density at radius 1 is 0.419 bits per heavy atom. The molecule has 0 heterocycles. The highest BCUT2D eigenvalue weighted by Gasteiger charge is 2.62. The number of hydrogen-bond acceptors (Lipinski definition) is 4. The second-order valence-electron chi connectivity index (χ2n) is 17.6. The van der Waals surface area contributed by atoms with Crippen LogP contribution in [0.2, 0.25) is 0 Å². The molecule has 8 aromatic carbocycles. The molecule has 6 aliphatic rings. The molecule has 6 aliphatic carbocycles. The van der Waals surface area contributed by atoms with Crippen molar-refractivity contribution in [2.75, 3.05) is 0 Å². The van der Waals surface area contributed by atoms with Crippen LogP contribution in [-0.2, 0) is 29.9 Å². The van der Waals surface area contributed by atoms with E-state index in [0.29, 0.717) is 12.8 Å². The third kappa shape index (κ3) is 5.72. The summed E-state index contributed by atoms with van der Waals surface area (Å²) in [5.74, 6) is -0.647. The zero-order chi connectivity index (χ0) is 42.0. The zero-order valence-corrected chi connectivity index (χ0v) is 35.1. The Kier molecular flexibility index (Phi) is 9.23. The summed E-state index contributed by atoms with van der Waals surface area (Å²) >= 11 is 0. The van der Waals surface area contributed by atoms with Crippen molar-refractivity contribution in [3.05, 3.63) is 238 Å². The van der Waals surface area contributed by atoms with Crippen molar-refractivity contribution in [3.63, 3.8) is 0 Å². The monoisotopic (exact) mass is 808 g/mol. The second kappa shape index (κ2) is 15.0. The van der Waals surface area contributed by atoms with E-state index >= 15 is 0 Å². The van der Waals surface area contributed by atoms with Crippen molar-refractivity contribution in [2.45, 2.75) is 74.4 Å². The van der Waals surface area contributed by atoms with E-state index in [1.807, 2.05) is 0 Å². The van der Waals surface area contributed by atoms with Gasteiger partial charge in [0, 0.05) is 47.6 Å². The van der Waals surface area contributed by atoms with E-state index in [1.165, 1.54) is 58.4 Å². The van der Waals surface area contributed by atoms with Gasteiger partial charge in [0.05, 0.1) is 0 Å². The van der Waals surface area contributed by atoms with E-state index < -0.39 is 23.0 Å². The average Bonchev–Trinajstić information content (AvgIpc) is 3.30. The molecule has 62 heavy (non-hydrogen) atoms. The lowest BCUT2D eigenvalue weighted by atomic mass is 9.41. The molecule has 14 rings (SSSR count). The number of rotatable bonds is 10. The van der Waals surface area contributed by atoms with E-state index in [2.05, 4.69) is 182 Å². The van der Waals surface area contributed by atoms with Crippen LogP contribution in [0.1, 0.15) is 119 Å². The van der Waals surface area contributed by atoms with Crippen molar-refractivity contribution in [2.24, 2.45) is 0 Å². The smallest absolute Gasteiger partial charge is 0.303 e. The van der Waals surface area contributed by atoms with Crippen LogP contribution in [-0.4, -0.2) is 11.9 Å². The Labute approximate surface area is 363 Å². The van der Waals surface area contributed by atoms with E-state index in [9.17, 15) is 9.59 Å². The molecule has 0 spiro atoms. The molecule has 0 saturated heterocycles. The highest BCUT2D eigenvalue weighted by atomic mass is 16.5. The van der Waals surface area contributed by atoms with Crippen LogP contribution in [0.25, 0.3) is 21.5 Å². The van der Waals surface area contributed by atoms with Gasteiger partial charge in [-0.15, -0.1) is 0 Å². The normalized spacial score (nSPS) is 21.1. The summed E-state index contributed by atoms with van der Waals surface area (Å²) in [5.41, 5.74) is 11.8. The summed E-state index contributed by atoms with van der Waals surface area (Å²) in [6.45, 7) is 3.06. The van der Waals surface area contributed by atoms with Crippen LogP contribution in [0.3, 0.4) is 0 Å². The summed E-state index contributed by atoms with van der Waals surface area (Å²) in [4.78, 5) is 26.1. The maximum absolute atomic E-state index is 13.0. The molecule has 0 amide bonds. The molecule has 0 fully saturated rings. The van der Waals surface area contributed by atoms with Crippen LogP contribution in [0, 0.1) is 0 Å². The topological polar surface area (TPSA) is 52.6 Å². The van der Waals surface area contributed by atoms with E-state index in [-0.39, 0.29) is 23.8 Å². The van der Waals surface area contributed by atoms with E-state index in [0.717, 1.165) is 45.5 Å². The fourth-order valence-electron chi connectivity index (χ4n) is 12.5. The largest absolute Gasteiger partial charge is 0.458 e. The fourth-order valence-corrected chi connectivity index (χ4v) is 12.5. The molecule has 8 aromatic rings. The first-order valence-corrected chi connectivity index (χ1v) is 22.1. The van der Waals surface area contributed by atoms with Gasteiger partial charge in [0.15, 0.2) is 0 Å². The lowest BCUT2D eigenvalue weighted by molar-refractivity contribution is -0.148. The van der Waals surface area contributed by atoms with Gasteiger partial charge in [-0.1, -0.05) is 182 Å². The Bertz CT molecular complexity index is 2740. The first kappa shape index (κ1) is 38.2. The molecule has 0 aromatic heterocycles. The van der Waals surface area contributed by atoms with Crippen LogP contribution in [0.15, 0.2) is 182 Å². The molecule has 4 heteroatoms. The highest BCUT2D eigenvalue weighted by Crippen LogP contribution is 2.70. The maximum atomic E-state index is 13.0. The van der Waals surface area contributed by atoms with Crippen LogP contribution in [0.5, 0.6) is 0 Å². The SMILES string of the molecule is CC(=O)OC(CCC12c3ccccc3C(c3ccccc31)C1(CCC(OC(C)=O)c3cccc4ccccc34)c3ccccc3C2c2ccccc21)c1cccc2ccccc12. The lowest BCUT2D eigenvalue weighted by Gasteiger charge is -2.61. The van der Waals surface area contributed by atoms with Gasteiger partial charge in [-0.05, 0) is 91.7 Å². The minimum Gasteiger partial charge on any atom is -0.458 e. The van der Waals surface area contributed by atoms with Gasteiger partial charge in [-0.25, -0.2) is 0 Å². The third-order valence-corrected chi connectivity index (χ3v) is 14.6. The Morgan fingerprint density at radius 3 is 1.08 bits per heavy atom. The number of benzene rings is 8. The van der Waals surface area contributed by atoms with Crippen molar-refractivity contribution in [1.29, 1.82) is 0 Å². The Morgan fingerprint density at radius 2 is 0.726 bits per heavy atom. The highest BCUT2D eigenvalue weighted by molar-refractivity contribution is 5.87. The fraction of sp³-hybridized carbons (Fsp3) is 0.207. The molecule has 2 atom stereocenters. The first-order chi connectivity index (χ1) is 30.4. The predicted octanol–water partition coefficient (Wildman–Crippen LogP) is 13.3. The van der Waals surface area contributed by atoms with E-state index in [1.54, 1.807) is 0 Å². The first-order valence-electron chi connectivity index (χ1n) is 22.1.